The van der Waals surface area contributed by atoms with Gasteiger partial charge in [-0.15, -0.1) is 0 Å². The van der Waals surface area contributed by atoms with E-state index >= 15 is 0 Å². The van der Waals surface area contributed by atoms with Crippen LogP contribution in [0.1, 0.15) is 27.0 Å². The van der Waals surface area contributed by atoms with Crippen molar-refractivity contribution in [1.29, 1.82) is 0 Å². The summed E-state index contributed by atoms with van der Waals surface area (Å²) < 4.78 is 0. The fourth-order valence-corrected chi connectivity index (χ4v) is 3.53. The van der Waals surface area contributed by atoms with Gasteiger partial charge in [0.1, 0.15) is 0 Å². The van der Waals surface area contributed by atoms with Crippen molar-refractivity contribution in [3.05, 3.63) is 95.1 Å². The van der Waals surface area contributed by atoms with Gasteiger partial charge in [0, 0.05) is 16.6 Å². The molecule has 0 atom stereocenters. The second-order valence-corrected chi connectivity index (χ2v) is 7.17. The molecule has 28 heavy (non-hydrogen) atoms. The van der Waals surface area contributed by atoms with E-state index in [0.29, 0.717) is 5.56 Å². The Labute approximate surface area is 165 Å². The summed E-state index contributed by atoms with van der Waals surface area (Å²) in [4.78, 5) is 18.1. The van der Waals surface area contributed by atoms with Gasteiger partial charge in [-0.25, -0.2) is 4.98 Å². The minimum atomic E-state index is -0.121. The molecule has 0 bridgehead atoms. The molecule has 0 aliphatic heterocycles. The molecule has 0 aliphatic rings. The number of aryl methyl sites for hydroxylation is 3. The lowest BCUT2D eigenvalue weighted by Crippen LogP contribution is -2.14. The summed E-state index contributed by atoms with van der Waals surface area (Å²) in [5.74, 6) is -0.121. The van der Waals surface area contributed by atoms with Crippen LogP contribution in [-0.4, -0.2) is 10.9 Å². The monoisotopic (exact) mass is 366 g/mol. The van der Waals surface area contributed by atoms with Crippen LogP contribution in [0.2, 0.25) is 0 Å². The van der Waals surface area contributed by atoms with Gasteiger partial charge < -0.3 is 5.32 Å². The number of hydrogen-bond acceptors (Lipinski definition) is 2. The second kappa shape index (κ2) is 7.28. The molecule has 1 amide bonds. The van der Waals surface area contributed by atoms with Crippen molar-refractivity contribution < 1.29 is 4.79 Å². The zero-order valence-corrected chi connectivity index (χ0v) is 16.3. The molecule has 0 spiro atoms. The summed E-state index contributed by atoms with van der Waals surface area (Å²) >= 11 is 0. The smallest absolute Gasteiger partial charge is 0.256 e. The van der Waals surface area contributed by atoms with E-state index in [0.717, 1.165) is 44.5 Å². The van der Waals surface area contributed by atoms with Crippen molar-refractivity contribution in [2.75, 3.05) is 5.32 Å². The Hall–Kier alpha value is -3.46. The summed E-state index contributed by atoms with van der Waals surface area (Å²) in [5.41, 5.74) is 7.33. The van der Waals surface area contributed by atoms with E-state index in [9.17, 15) is 4.79 Å². The van der Waals surface area contributed by atoms with Crippen LogP contribution < -0.4 is 5.32 Å². The van der Waals surface area contributed by atoms with E-state index in [2.05, 4.69) is 11.4 Å². The van der Waals surface area contributed by atoms with Crippen molar-refractivity contribution in [2.45, 2.75) is 20.8 Å². The van der Waals surface area contributed by atoms with Gasteiger partial charge in [-0.05, 0) is 50.1 Å². The van der Waals surface area contributed by atoms with Crippen LogP contribution >= 0.6 is 0 Å². The van der Waals surface area contributed by atoms with E-state index in [1.54, 1.807) is 0 Å². The van der Waals surface area contributed by atoms with Crippen LogP contribution in [0, 0.1) is 20.8 Å². The standard InChI is InChI=1S/C25H22N2O/c1-16-13-18(3)24-20(14-16)21(15-23(26-24)19-10-5-4-6-11-19)25(28)27-22-12-8-7-9-17(22)2/h4-15H,1-3H3,(H,27,28). The van der Waals surface area contributed by atoms with Crippen LogP contribution in [0.25, 0.3) is 22.2 Å². The molecule has 0 fully saturated rings. The number of rotatable bonds is 3. The third-order valence-electron chi connectivity index (χ3n) is 4.96. The molecule has 0 saturated carbocycles. The molecular formula is C25H22N2O. The Balaban J connectivity index is 1.90. The minimum absolute atomic E-state index is 0.121. The predicted octanol–water partition coefficient (Wildman–Crippen LogP) is 6.08. The van der Waals surface area contributed by atoms with Crippen molar-refractivity contribution >= 4 is 22.5 Å². The fourth-order valence-electron chi connectivity index (χ4n) is 3.53. The number of nitrogens with one attached hydrogen (secondary N) is 1. The number of pyridine rings is 1. The third-order valence-corrected chi connectivity index (χ3v) is 4.96. The molecule has 0 aliphatic carbocycles. The molecule has 3 nitrogen and oxygen atoms in total. The number of hydrogen-bond donors (Lipinski definition) is 1. The number of anilines is 1. The molecule has 4 rings (SSSR count). The molecule has 3 aromatic carbocycles. The van der Waals surface area contributed by atoms with Crippen molar-refractivity contribution in [2.24, 2.45) is 0 Å². The van der Waals surface area contributed by atoms with Gasteiger partial charge in [0.2, 0.25) is 0 Å². The average molecular weight is 366 g/mol. The minimum Gasteiger partial charge on any atom is -0.322 e. The maximum atomic E-state index is 13.2. The number of nitrogens with zero attached hydrogens (tertiary/aromatic N) is 1. The molecule has 1 heterocycles. The lowest BCUT2D eigenvalue weighted by Gasteiger charge is -2.14. The Morgan fingerprint density at radius 3 is 2.29 bits per heavy atom. The number of fused-ring (bicyclic) bond motifs is 1. The first-order valence-corrected chi connectivity index (χ1v) is 9.37. The van der Waals surface area contributed by atoms with Gasteiger partial charge >= 0.3 is 0 Å². The van der Waals surface area contributed by atoms with Crippen LogP contribution in [0.5, 0.6) is 0 Å². The molecular weight excluding hydrogens is 344 g/mol. The maximum Gasteiger partial charge on any atom is 0.256 e. The zero-order valence-electron chi connectivity index (χ0n) is 16.3. The number of carbonyl (C=O) groups excluding carboxylic acids is 1. The number of para-hydroxylation sites is 1. The normalized spacial score (nSPS) is 10.8. The van der Waals surface area contributed by atoms with Crippen LogP contribution in [0.4, 0.5) is 5.69 Å². The first-order chi connectivity index (χ1) is 13.5. The number of amides is 1. The largest absolute Gasteiger partial charge is 0.322 e. The molecule has 1 N–H and O–H groups in total. The molecule has 0 saturated heterocycles. The summed E-state index contributed by atoms with van der Waals surface area (Å²) in [5, 5.41) is 3.95. The highest BCUT2D eigenvalue weighted by Gasteiger charge is 2.16. The summed E-state index contributed by atoms with van der Waals surface area (Å²) in [7, 11) is 0. The number of benzene rings is 3. The fraction of sp³-hybridized carbons (Fsp3) is 0.120. The molecule has 0 radical (unpaired) electrons. The van der Waals surface area contributed by atoms with Crippen molar-refractivity contribution in [3.63, 3.8) is 0 Å². The molecule has 0 unspecified atom stereocenters. The Bertz CT molecular complexity index is 1180. The van der Waals surface area contributed by atoms with E-state index in [4.69, 9.17) is 4.98 Å². The van der Waals surface area contributed by atoms with Crippen LogP contribution in [-0.2, 0) is 0 Å². The first-order valence-electron chi connectivity index (χ1n) is 9.37. The first kappa shape index (κ1) is 17.9. The van der Waals surface area contributed by atoms with Crippen molar-refractivity contribution in [3.8, 4) is 11.3 Å². The molecule has 1 aromatic heterocycles. The topological polar surface area (TPSA) is 42.0 Å². The average Bonchev–Trinajstić information content (AvgIpc) is 2.69. The van der Waals surface area contributed by atoms with Gasteiger partial charge in [-0.3, -0.25) is 4.79 Å². The van der Waals surface area contributed by atoms with Crippen LogP contribution in [0.15, 0.2) is 72.8 Å². The summed E-state index contributed by atoms with van der Waals surface area (Å²) in [6.45, 7) is 6.07. The van der Waals surface area contributed by atoms with Crippen LogP contribution in [0.3, 0.4) is 0 Å². The van der Waals surface area contributed by atoms with Gasteiger partial charge in [0.05, 0.1) is 16.8 Å². The zero-order chi connectivity index (χ0) is 19.7. The highest BCUT2D eigenvalue weighted by atomic mass is 16.1. The van der Waals surface area contributed by atoms with E-state index in [-0.39, 0.29) is 5.91 Å². The third kappa shape index (κ3) is 3.39. The lowest BCUT2D eigenvalue weighted by atomic mass is 9.99. The van der Waals surface area contributed by atoms with Gasteiger partial charge in [0.15, 0.2) is 0 Å². The Kier molecular flexibility index (Phi) is 4.66. The van der Waals surface area contributed by atoms with Gasteiger partial charge in [-0.2, -0.15) is 0 Å². The van der Waals surface area contributed by atoms with Crippen molar-refractivity contribution in [1.82, 2.24) is 4.98 Å². The van der Waals surface area contributed by atoms with Gasteiger partial charge in [-0.1, -0.05) is 60.2 Å². The van der Waals surface area contributed by atoms with E-state index in [1.807, 2.05) is 87.5 Å². The SMILES string of the molecule is Cc1cc(C)c2nc(-c3ccccc3)cc(C(=O)Nc3ccccc3C)c2c1. The lowest BCUT2D eigenvalue weighted by molar-refractivity contribution is 0.102. The Morgan fingerprint density at radius 2 is 1.54 bits per heavy atom. The number of aromatic nitrogens is 1. The van der Waals surface area contributed by atoms with E-state index in [1.165, 1.54) is 0 Å². The number of carbonyl (C=O) groups is 1. The Morgan fingerprint density at radius 1 is 0.821 bits per heavy atom. The second-order valence-electron chi connectivity index (χ2n) is 7.17. The molecule has 4 aromatic rings. The van der Waals surface area contributed by atoms with Gasteiger partial charge in [0.25, 0.3) is 5.91 Å². The highest BCUT2D eigenvalue weighted by molar-refractivity contribution is 6.13. The highest BCUT2D eigenvalue weighted by Crippen LogP contribution is 2.28. The summed E-state index contributed by atoms with van der Waals surface area (Å²) in [6, 6.07) is 23.8. The molecule has 3 heteroatoms. The van der Waals surface area contributed by atoms with E-state index < -0.39 is 0 Å². The predicted molar refractivity (Wildman–Crippen MR) is 116 cm³/mol. The maximum absolute atomic E-state index is 13.2. The summed E-state index contributed by atoms with van der Waals surface area (Å²) in [6.07, 6.45) is 0. The quantitative estimate of drug-likeness (QED) is 0.477. The molecule has 138 valence electrons.